The van der Waals surface area contributed by atoms with E-state index < -0.39 is 36.2 Å². The minimum atomic E-state index is -4.95. The molecule has 4 nitrogen and oxygen atoms in total. The van der Waals surface area contributed by atoms with Gasteiger partial charge < -0.3 is 4.74 Å². The van der Waals surface area contributed by atoms with Crippen LogP contribution in [-0.4, -0.2) is 41.1 Å². The number of alkyl halides is 3. The van der Waals surface area contributed by atoms with Crippen LogP contribution in [0.3, 0.4) is 0 Å². The first-order valence-corrected chi connectivity index (χ1v) is 5.44. The predicted octanol–water partition coefficient (Wildman–Crippen LogP) is 2.76. The largest absolute Gasteiger partial charge is 0.451 e. The Balaban J connectivity index is 4.79. The first-order chi connectivity index (χ1) is 7.84. The second kappa shape index (κ2) is 5.58. The first-order valence-electron chi connectivity index (χ1n) is 5.44. The monoisotopic (exact) mass is 269 g/mol. The highest BCUT2D eigenvalue weighted by molar-refractivity contribution is 5.88. The van der Waals surface area contributed by atoms with Crippen molar-refractivity contribution in [3.8, 4) is 0 Å². The van der Waals surface area contributed by atoms with Crippen LogP contribution in [0.4, 0.5) is 18.0 Å². The van der Waals surface area contributed by atoms with Crippen molar-refractivity contribution >= 4 is 11.9 Å². The van der Waals surface area contributed by atoms with Crippen molar-refractivity contribution in [1.82, 2.24) is 4.90 Å². The Morgan fingerprint density at radius 1 is 1.17 bits per heavy atom. The fraction of sp³-hybridized carbons (Fsp3) is 0.818. The van der Waals surface area contributed by atoms with Crippen LogP contribution in [0.25, 0.3) is 0 Å². The van der Waals surface area contributed by atoms with Gasteiger partial charge in [0.05, 0.1) is 6.54 Å². The van der Waals surface area contributed by atoms with Gasteiger partial charge in [0.25, 0.3) is 5.78 Å². The number of ketones is 1. The molecule has 0 saturated carbocycles. The number of rotatable bonds is 3. The minimum absolute atomic E-state index is 0.564. The molecule has 0 aromatic rings. The molecule has 106 valence electrons. The lowest BCUT2D eigenvalue weighted by molar-refractivity contribution is -0.172. The van der Waals surface area contributed by atoms with Crippen LogP contribution < -0.4 is 0 Å². The summed E-state index contributed by atoms with van der Waals surface area (Å²) in [7, 11) is 0. The molecule has 0 aromatic carbocycles. The van der Waals surface area contributed by atoms with E-state index in [1.54, 1.807) is 20.8 Å². The highest BCUT2D eigenvalue weighted by Crippen LogP contribution is 2.18. The Bertz CT molecular complexity index is 318. The SMILES string of the molecule is CC(C)N(CC(=O)C(F)(F)F)C(=O)OC(C)(C)C. The third-order valence-electron chi connectivity index (χ3n) is 1.88. The zero-order chi connectivity index (χ0) is 14.7. The molecule has 0 unspecified atom stereocenters. The van der Waals surface area contributed by atoms with E-state index in [0.29, 0.717) is 0 Å². The Morgan fingerprint density at radius 2 is 1.61 bits per heavy atom. The lowest BCUT2D eigenvalue weighted by Gasteiger charge is -2.29. The van der Waals surface area contributed by atoms with E-state index in [-0.39, 0.29) is 0 Å². The Morgan fingerprint density at radius 3 is 1.89 bits per heavy atom. The van der Waals surface area contributed by atoms with E-state index >= 15 is 0 Å². The summed E-state index contributed by atoms with van der Waals surface area (Å²) in [5.74, 6) is -1.97. The number of carbonyl (C=O) groups is 2. The molecule has 0 spiro atoms. The molecule has 0 atom stereocenters. The molecular weight excluding hydrogens is 251 g/mol. The van der Waals surface area contributed by atoms with E-state index in [0.717, 1.165) is 4.90 Å². The third kappa shape index (κ3) is 5.88. The van der Waals surface area contributed by atoms with E-state index in [4.69, 9.17) is 4.74 Å². The van der Waals surface area contributed by atoms with Crippen molar-refractivity contribution < 1.29 is 27.5 Å². The first kappa shape index (κ1) is 16.7. The van der Waals surface area contributed by atoms with Gasteiger partial charge in [0.15, 0.2) is 0 Å². The molecule has 0 aliphatic carbocycles. The molecule has 0 bridgehead atoms. The molecule has 0 heterocycles. The highest BCUT2D eigenvalue weighted by Gasteiger charge is 2.40. The standard InChI is InChI=1S/C11H18F3NO3/c1-7(2)15(6-8(16)11(12,13)14)9(17)18-10(3,4)5/h7H,6H2,1-5H3. The summed E-state index contributed by atoms with van der Waals surface area (Å²) in [6.45, 7) is 6.76. The fourth-order valence-electron chi connectivity index (χ4n) is 1.02. The zero-order valence-electron chi connectivity index (χ0n) is 11.1. The molecule has 0 aliphatic heterocycles. The van der Waals surface area contributed by atoms with Crippen molar-refractivity contribution in [1.29, 1.82) is 0 Å². The molecular formula is C11H18F3NO3. The molecule has 18 heavy (non-hydrogen) atoms. The number of halogens is 3. The Kier molecular flexibility index (Phi) is 5.19. The third-order valence-corrected chi connectivity index (χ3v) is 1.88. The fourth-order valence-corrected chi connectivity index (χ4v) is 1.02. The van der Waals surface area contributed by atoms with Crippen LogP contribution in [0.2, 0.25) is 0 Å². The van der Waals surface area contributed by atoms with Gasteiger partial charge in [-0.05, 0) is 34.6 Å². The second-order valence-corrected chi connectivity index (χ2v) is 5.12. The van der Waals surface area contributed by atoms with Gasteiger partial charge in [-0.2, -0.15) is 13.2 Å². The number of amides is 1. The molecule has 0 aromatic heterocycles. The smallest absolute Gasteiger partial charge is 0.444 e. The summed E-state index contributed by atoms with van der Waals surface area (Å²) in [4.78, 5) is 23.3. The Hall–Kier alpha value is -1.27. The Labute approximate surface area is 104 Å². The maximum Gasteiger partial charge on any atom is 0.451 e. The summed E-state index contributed by atoms with van der Waals surface area (Å²) in [6, 6.07) is -0.564. The van der Waals surface area contributed by atoms with E-state index in [9.17, 15) is 22.8 Å². The quantitative estimate of drug-likeness (QED) is 0.791. The lowest BCUT2D eigenvalue weighted by Crippen LogP contribution is -2.46. The maximum absolute atomic E-state index is 12.1. The van der Waals surface area contributed by atoms with Crippen LogP contribution in [0.1, 0.15) is 34.6 Å². The maximum atomic E-state index is 12.1. The van der Waals surface area contributed by atoms with Gasteiger partial charge in [0, 0.05) is 6.04 Å². The average molecular weight is 269 g/mol. The van der Waals surface area contributed by atoms with Crippen LogP contribution in [0.15, 0.2) is 0 Å². The number of nitrogens with zero attached hydrogens (tertiary/aromatic N) is 1. The summed E-state index contributed by atoms with van der Waals surface area (Å²) < 4.78 is 41.4. The van der Waals surface area contributed by atoms with Crippen molar-refractivity contribution in [3.05, 3.63) is 0 Å². The highest BCUT2D eigenvalue weighted by atomic mass is 19.4. The van der Waals surface area contributed by atoms with Crippen LogP contribution >= 0.6 is 0 Å². The molecule has 0 radical (unpaired) electrons. The van der Waals surface area contributed by atoms with E-state index in [1.165, 1.54) is 13.8 Å². The van der Waals surface area contributed by atoms with Gasteiger partial charge >= 0.3 is 12.3 Å². The van der Waals surface area contributed by atoms with Gasteiger partial charge in [-0.3, -0.25) is 9.69 Å². The van der Waals surface area contributed by atoms with Crippen molar-refractivity contribution in [2.24, 2.45) is 0 Å². The molecule has 7 heteroatoms. The number of carbonyl (C=O) groups excluding carboxylic acids is 2. The summed E-state index contributed by atoms with van der Waals surface area (Å²) >= 11 is 0. The topological polar surface area (TPSA) is 46.6 Å². The molecule has 0 aliphatic rings. The number of hydrogen-bond acceptors (Lipinski definition) is 3. The normalized spacial score (nSPS) is 12.5. The molecule has 0 fully saturated rings. The number of Topliss-reactive ketones (excluding diaryl/α,β-unsaturated/α-hetero) is 1. The molecule has 0 rings (SSSR count). The van der Waals surface area contributed by atoms with Crippen LogP contribution in [0.5, 0.6) is 0 Å². The minimum Gasteiger partial charge on any atom is -0.444 e. The average Bonchev–Trinajstić information content (AvgIpc) is 2.07. The molecule has 0 saturated heterocycles. The van der Waals surface area contributed by atoms with E-state index in [1.807, 2.05) is 0 Å². The molecule has 0 N–H and O–H groups in total. The van der Waals surface area contributed by atoms with Gasteiger partial charge in [-0.25, -0.2) is 4.79 Å². The van der Waals surface area contributed by atoms with Crippen LogP contribution in [0, 0.1) is 0 Å². The number of ether oxygens (including phenoxy) is 1. The van der Waals surface area contributed by atoms with Gasteiger partial charge in [-0.1, -0.05) is 0 Å². The molecule has 1 amide bonds. The zero-order valence-corrected chi connectivity index (χ0v) is 11.1. The van der Waals surface area contributed by atoms with E-state index in [2.05, 4.69) is 0 Å². The van der Waals surface area contributed by atoms with Gasteiger partial charge in [0.1, 0.15) is 5.60 Å². The lowest BCUT2D eigenvalue weighted by atomic mass is 10.2. The van der Waals surface area contributed by atoms with Gasteiger partial charge in [-0.15, -0.1) is 0 Å². The van der Waals surface area contributed by atoms with Crippen molar-refractivity contribution in [3.63, 3.8) is 0 Å². The van der Waals surface area contributed by atoms with Crippen molar-refractivity contribution in [2.45, 2.75) is 52.4 Å². The summed E-state index contributed by atoms with van der Waals surface area (Å²) in [6.07, 6.45) is -5.88. The predicted molar refractivity (Wildman–Crippen MR) is 59.1 cm³/mol. The van der Waals surface area contributed by atoms with Crippen LogP contribution in [-0.2, 0) is 9.53 Å². The second-order valence-electron chi connectivity index (χ2n) is 5.12. The summed E-state index contributed by atoms with van der Waals surface area (Å²) in [5, 5.41) is 0. The van der Waals surface area contributed by atoms with Gasteiger partial charge in [0.2, 0.25) is 0 Å². The number of hydrogen-bond donors (Lipinski definition) is 0. The summed E-state index contributed by atoms with van der Waals surface area (Å²) in [5.41, 5.74) is -0.828. The van der Waals surface area contributed by atoms with Crippen molar-refractivity contribution in [2.75, 3.05) is 6.54 Å².